The number of hydrogen-bond acceptors (Lipinski definition) is 3. The minimum Gasteiger partial charge on any atom is -0.284 e. The number of nitroso groups, excluding NO2 is 1. The van der Waals surface area contributed by atoms with Crippen molar-refractivity contribution in [3.05, 3.63) is 74.2 Å². The Labute approximate surface area is 136 Å². The number of carbonyl (C=O) groups excluding carboxylic acids is 1. The molecule has 1 aromatic rings. The van der Waals surface area contributed by atoms with E-state index in [0.717, 1.165) is 11.1 Å². The zero-order valence-corrected chi connectivity index (χ0v) is 12.8. The molecule has 0 N–H and O–H groups in total. The number of allylic oxidation sites excluding steroid dienone is 2. The van der Waals surface area contributed by atoms with E-state index in [-0.39, 0.29) is 17.5 Å². The summed E-state index contributed by atoms with van der Waals surface area (Å²) in [6.45, 7) is 0. The molecule has 0 aromatic heterocycles. The summed E-state index contributed by atoms with van der Waals surface area (Å²) in [5.74, 6) is -0.958. The summed E-state index contributed by atoms with van der Waals surface area (Å²) in [6, 6.07) is 4.95. The lowest BCUT2D eigenvalue weighted by Crippen LogP contribution is -2.18. The molecule has 4 nitrogen and oxygen atoms in total. The Morgan fingerprint density at radius 3 is 2.77 bits per heavy atom. The monoisotopic (exact) mass is 332 g/mol. The predicted octanol–water partition coefficient (Wildman–Crippen LogP) is 4.45. The van der Waals surface area contributed by atoms with Gasteiger partial charge in [-0.1, -0.05) is 41.4 Å². The van der Waals surface area contributed by atoms with Crippen molar-refractivity contribution in [1.29, 1.82) is 0 Å². The van der Waals surface area contributed by atoms with Gasteiger partial charge in [-0.3, -0.25) is 9.79 Å². The molecule has 1 amide bonds. The Hall–Kier alpha value is -2.04. The summed E-state index contributed by atoms with van der Waals surface area (Å²) in [6.07, 6.45) is 8.68. The molecule has 0 bridgehead atoms. The van der Waals surface area contributed by atoms with Gasteiger partial charge in [-0.15, -0.1) is 4.91 Å². The van der Waals surface area contributed by atoms with Gasteiger partial charge in [0.25, 0.3) is 0 Å². The van der Waals surface area contributed by atoms with E-state index < -0.39 is 5.91 Å². The number of carbonyl (C=O) groups is 1. The quantitative estimate of drug-likeness (QED) is 0.751. The molecule has 110 valence electrons. The van der Waals surface area contributed by atoms with E-state index in [2.05, 4.69) is 10.2 Å². The zero-order chi connectivity index (χ0) is 15.7. The molecular formula is C16H10Cl2N2O2. The fourth-order valence-electron chi connectivity index (χ4n) is 2.61. The maximum atomic E-state index is 11.5. The molecule has 22 heavy (non-hydrogen) atoms. The Morgan fingerprint density at radius 2 is 2.05 bits per heavy atom. The highest BCUT2D eigenvalue weighted by molar-refractivity contribution is 6.35. The topological polar surface area (TPSA) is 58.9 Å². The van der Waals surface area contributed by atoms with Crippen LogP contribution in [0.5, 0.6) is 0 Å². The van der Waals surface area contributed by atoms with E-state index in [0.29, 0.717) is 10.0 Å². The molecule has 1 aromatic carbocycles. The van der Waals surface area contributed by atoms with E-state index in [1.807, 2.05) is 12.1 Å². The van der Waals surface area contributed by atoms with Crippen LogP contribution in [-0.2, 0) is 4.79 Å². The predicted molar refractivity (Wildman–Crippen MR) is 87.3 cm³/mol. The number of nitrogens with zero attached hydrogens (tertiary/aromatic N) is 2. The lowest BCUT2D eigenvalue weighted by Gasteiger charge is -2.28. The molecule has 0 spiro atoms. The van der Waals surface area contributed by atoms with Crippen molar-refractivity contribution in [2.24, 2.45) is 16.1 Å². The second-order valence-corrected chi connectivity index (χ2v) is 5.80. The zero-order valence-electron chi connectivity index (χ0n) is 11.2. The Balaban J connectivity index is 2.03. The van der Waals surface area contributed by atoms with E-state index in [4.69, 9.17) is 23.2 Å². The number of hydrogen-bond donors (Lipinski definition) is 0. The molecule has 2 aliphatic rings. The summed E-state index contributed by atoms with van der Waals surface area (Å²) in [7, 11) is 0. The van der Waals surface area contributed by atoms with Crippen LogP contribution in [0.25, 0.3) is 0 Å². The molecule has 6 heteroatoms. The van der Waals surface area contributed by atoms with Crippen LogP contribution >= 0.6 is 23.2 Å². The van der Waals surface area contributed by atoms with E-state index in [1.165, 1.54) is 0 Å². The number of rotatable bonds is 2. The molecule has 0 saturated carbocycles. The fraction of sp³-hybridized carbons (Fsp3) is 0.125. The van der Waals surface area contributed by atoms with E-state index in [1.54, 1.807) is 36.6 Å². The molecule has 1 aliphatic heterocycles. The second kappa shape index (κ2) is 5.99. The van der Waals surface area contributed by atoms with E-state index in [9.17, 15) is 9.70 Å². The smallest absolute Gasteiger partial charge is 0.284 e. The molecule has 0 fully saturated rings. The van der Waals surface area contributed by atoms with Crippen LogP contribution in [0, 0.1) is 10.8 Å². The van der Waals surface area contributed by atoms with Gasteiger partial charge in [-0.2, -0.15) is 0 Å². The average Bonchev–Trinajstić information content (AvgIpc) is 2.53. The maximum Gasteiger partial charge on any atom is 0.316 e. The first-order valence-electron chi connectivity index (χ1n) is 6.56. The lowest BCUT2D eigenvalue weighted by molar-refractivity contribution is -0.114. The van der Waals surface area contributed by atoms with E-state index >= 15 is 0 Å². The molecule has 3 rings (SSSR count). The Bertz CT molecular complexity index is 778. The lowest BCUT2D eigenvalue weighted by atomic mass is 9.81. The van der Waals surface area contributed by atoms with Crippen LogP contribution in [0.1, 0.15) is 11.6 Å². The Morgan fingerprint density at radius 1 is 1.23 bits per heavy atom. The van der Waals surface area contributed by atoms with Crippen LogP contribution < -0.4 is 0 Å². The largest absolute Gasteiger partial charge is 0.316 e. The van der Waals surface area contributed by atoms with Gasteiger partial charge in [0.2, 0.25) is 0 Å². The third kappa shape index (κ3) is 2.67. The van der Waals surface area contributed by atoms with Gasteiger partial charge in [-0.25, -0.2) is 0 Å². The number of amides is 1. The fourth-order valence-corrected chi connectivity index (χ4v) is 3.13. The van der Waals surface area contributed by atoms with Crippen molar-refractivity contribution < 1.29 is 4.79 Å². The third-order valence-corrected chi connectivity index (χ3v) is 4.23. The number of dihydropyridines is 1. The van der Waals surface area contributed by atoms with Crippen molar-refractivity contribution in [3.8, 4) is 0 Å². The van der Waals surface area contributed by atoms with Crippen molar-refractivity contribution >= 4 is 35.3 Å². The van der Waals surface area contributed by atoms with Crippen LogP contribution in [0.3, 0.4) is 0 Å². The van der Waals surface area contributed by atoms with Crippen molar-refractivity contribution in [3.63, 3.8) is 0 Å². The highest BCUT2D eigenvalue weighted by Gasteiger charge is 2.30. The summed E-state index contributed by atoms with van der Waals surface area (Å²) < 4.78 is 0. The van der Waals surface area contributed by atoms with Crippen molar-refractivity contribution in [2.45, 2.75) is 6.04 Å². The summed E-state index contributed by atoms with van der Waals surface area (Å²) in [5, 5.41) is 3.53. The first-order valence-corrected chi connectivity index (χ1v) is 7.31. The summed E-state index contributed by atoms with van der Waals surface area (Å²) in [5.41, 5.74) is 2.08. The second-order valence-electron chi connectivity index (χ2n) is 4.95. The molecule has 0 radical (unpaired) electrons. The van der Waals surface area contributed by atoms with Crippen LogP contribution in [0.15, 0.2) is 63.8 Å². The SMILES string of the molecule is O=NC(=O)C1=CC2C(=CC=NC2c2ccc(Cl)cc2Cl)C=C1. The van der Waals surface area contributed by atoms with Crippen molar-refractivity contribution in [2.75, 3.05) is 0 Å². The average molecular weight is 333 g/mol. The van der Waals surface area contributed by atoms with Crippen LogP contribution in [-0.4, -0.2) is 12.1 Å². The number of halogens is 2. The molecule has 2 atom stereocenters. The number of benzene rings is 1. The van der Waals surface area contributed by atoms with Gasteiger partial charge in [0.15, 0.2) is 0 Å². The van der Waals surface area contributed by atoms with Gasteiger partial charge in [0.1, 0.15) is 0 Å². The first-order chi connectivity index (χ1) is 10.6. The van der Waals surface area contributed by atoms with Gasteiger partial charge in [0.05, 0.1) is 6.04 Å². The minimum absolute atomic E-state index is 0.172. The van der Waals surface area contributed by atoms with Gasteiger partial charge in [0, 0.05) is 32.9 Å². The van der Waals surface area contributed by atoms with Crippen LogP contribution in [0.2, 0.25) is 10.0 Å². The molecule has 0 saturated heterocycles. The number of aliphatic imine (C=N–C) groups is 1. The standard InChI is InChI=1S/C16H10Cl2N2O2/c17-11-3-4-12(14(18)8-11)15-13-7-10(16(21)20-22)2-1-9(13)5-6-19-15/h1-8,13,15H. The molecule has 1 heterocycles. The highest BCUT2D eigenvalue weighted by atomic mass is 35.5. The van der Waals surface area contributed by atoms with Gasteiger partial charge >= 0.3 is 5.91 Å². The van der Waals surface area contributed by atoms with Crippen molar-refractivity contribution in [1.82, 2.24) is 0 Å². The van der Waals surface area contributed by atoms with Gasteiger partial charge in [-0.05, 0) is 35.4 Å². The molecular weight excluding hydrogens is 323 g/mol. The van der Waals surface area contributed by atoms with Crippen LogP contribution in [0.4, 0.5) is 0 Å². The molecule has 1 aliphatic carbocycles. The normalized spacial score (nSPS) is 22.6. The maximum absolute atomic E-state index is 11.5. The molecule has 2 unspecified atom stereocenters. The highest BCUT2D eigenvalue weighted by Crippen LogP contribution is 2.41. The van der Waals surface area contributed by atoms with Gasteiger partial charge < -0.3 is 0 Å². The summed E-state index contributed by atoms with van der Waals surface area (Å²) in [4.78, 5) is 26.4. The first kappa shape index (κ1) is 14.9. The Kier molecular flexibility index (Phi) is 4.05. The third-order valence-electron chi connectivity index (χ3n) is 3.66. The summed E-state index contributed by atoms with van der Waals surface area (Å²) >= 11 is 12.2. The minimum atomic E-state index is -0.786. The number of fused-ring (bicyclic) bond motifs is 1.